The van der Waals surface area contributed by atoms with Crippen molar-refractivity contribution in [3.8, 4) is 0 Å². The maximum atomic E-state index is 6.39. The molecule has 0 aromatic carbocycles. The van der Waals surface area contributed by atoms with Crippen molar-refractivity contribution >= 4 is 20.2 Å². The van der Waals surface area contributed by atoms with Gasteiger partial charge in [0.1, 0.15) is 0 Å². The standard InChI is InChI=1S/C12H23O3.2C4H9.Sn.H/c1-2-3-4-5-6-7-8-9-10-11-12(13)14-15-12;2*1-3-4-2;;/h2-11H2,1H3;2*1,3-4H2,2H3;;/q-1;;;+1;. The molecule has 0 saturated carbocycles. The predicted molar refractivity (Wildman–Crippen MR) is 104 cm³/mol. The molecule has 0 aromatic heterocycles. The van der Waals surface area contributed by atoms with Crippen molar-refractivity contribution in [2.24, 2.45) is 0 Å². The zero-order valence-corrected chi connectivity index (χ0v) is 19.9. The van der Waals surface area contributed by atoms with Crippen LogP contribution in [0.4, 0.5) is 0 Å². The molecule has 1 saturated heterocycles. The van der Waals surface area contributed by atoms with Crippen molar-refractivity contribution in [3.63, 3.8) is 0 Å². The minimum absolute atomic E-state index is 0.594. The van der Waals surface area contributed by atoms with E-state index >= 15 is 0 Å². The normalized spacial score (nSPS) is 16.0. The Morgan fingerprint density at radius 3 is 1.54 bits per heavy atom. The van der Waals surface area contributed by atoms with Crippen LogP contribution < -0.4 is 0 Å². The summed E-state index contributed by atoms with van der Waals surface area (Å²) in [6, 6.07) is 0. The number of hydrogen-bond donors (Lipinski definition) is 0. The third kappa shape index (κ3) is 11.3. The first-order valence-corrected chi connectivity index (χ1v) is 16.8. The van der Waals surface area contributed by atoms with Gasteiger partial charge in [0.05, 0.1) is 0 Å². The zero-order valence-electron chi connectivity index (χ0n) is 16.6. The molecule has 1 heterocycles. The van der Waals surface area contributed by atoms with Crippen molar-refractivity contribution in [1.82, 2.24) is 0 Å². The molecule has 0 atom stereocenters. The Labute approximate surface area is 158 Å². The third-order valence-corrected chi connectivity index (χ3v) is 12.9. The van der Waals surface area contributed by atoms with Crippen LogP contribution in [0.15, 0.2) is 0 Å². The third-order valence-electron chi connectivity index (χ3n) is 4.96. The zero-order chi connectivity index (χ0) is 17.5. The molecule has 1 rings (SSSR count). The van der Waals surface area contributed by atoms with Gasteiger partial charge in [-0.25, -0.2) is 0 Å². The van der Waals surface area contributed by atoms with Crippen LogP contribution in [0.25, 0.3) is 0 Å². The Morgan fingerprint density at radius 2 is 1.08 bits per heavy atom. The molecule has 4 heteroatoms. The molecule has 144 valence electrons. The Bertz CT molecular complexity index is 274. The SMILES string of the molecule is CCCCCCCCCCCC1([O][SnH]([CH2]CCC)[CH2]CCC)OO1. The molecule has 0 aliphatic carbocycles. The van der Waals surface area contributed by atoms with Gasteiger partial charge in [0, 0.05) is 0 Å². The fraction of sp³-hybridized carbons (Fsp3) is 1.00. The van der Waals surface area contributed by atoms with Gasteiger partial charge in [-0.2, -0.15) is 0 Å². The van der Waals surface area contributed by atoms with Crippen LogP contribution in [0.1, 0.15) is 111 Å². The minimum atomic E-state index is -1.91. The summed E-state index contributed by atoms with van der Waals surface area (Å²) in [6.45, 7) is 6.81. The fourth-order valence-electron chi connectivity index (χ4n) is 3.26. The molecule has 0 amide bonds. The van der Waals surface area contributed by atoms with E-state index in [4.69, 9.17) is 12.8 Å². The summed E-state index contributed by atoms with van der Waals surface area (Å²) in [5.74, 6) is -0.594. The molecule has 3 nitrogen and oxygen atoms in total. The van der Waals surface area contributed by atoms with Gasteiger partial charge in [-0.05, 0) is 0 Å². The molecule has 0 N–H and O–H groups in total. The van der Waals surface area contributed by atoms with E-state index in [1.165, 1.54) is 92.3 Å². The van der Waals surface area contributed by atoms with Gasteiger partial charge in [-0.3, -0.25) is 0 Å². The van der Waals surface area contributed by atoms with E-state index in [0.717, 1.165) is 6.42 Å². The van der Waals surface area contributed by atoms with Crippen LogP contribution >= 0.6 is 0 Å². The van der Waals surface area contributed by atoms with Crippen LogP contribution in [0.3, 0.4) is 0 Å². The molecule has 1 aliphatic rings. The molecule has 0 radical (unpaired) electrons. The average molecular weight is 449 g/mol. The van der Waals surface area contributed by atoms with E-state index in [2.05, 4.69) is 20.8 Å². The number of rotatable bonds is 18. The topological polar surface area (TPSA) is 34.3 Å². The van der Waals surface area contributed by atoms with Crippen molar-refractivity contribution in [2.75, 3.05) is 0 Å². The second kappa shape index (κ2) is 14.8. The Hall–Kier alpha value is 0.679. The second-order valence-electron chi connectivity index (χ2n) is 7.45. The molecule has 0 aromatic rings. The average Bonchev–Trinajstić information content (AvgIpc) is 3.35. The second-order valence-corrected chi connectivity index (χ2v) is 15.0. The van der Waals surface area contributed by atoms with Crippen LogP contribution in [0.5, 0.6) is 0 Å². The van der Waals surface area contributed by atoms with Gasteiger partial charge in [-0.15, -0.1) is 0 Å². The van der Waals surface area contributed by atoms with Gasteiger partial charge in [0.15, 0.2) is 0 Å². The Kier molecular flexibility index (Phi) is 14.0. The quantitative estimate of drug-likeness (QED) is 0.0992. The summed E-state index contributed by atoms with van der Waals surface area (Å²) in [4.78, 5) is 10.6. The van der Waals surface area contributed by atoms with E-state index in [0.29, 0.717) is 0 Å². The van der Waals surface area contributed by atoms with Crippen LogP contribution in [0.2, 0.25) is 8.87 Å². The molecule has 1 aliphatic heterocycles. The Morgan fingerprint density at radius 1 is 0.625 bits per heavy atom. The molecule has 24 heavy (non-hydrogen) atoms. The first kappa shape index (κ1) is 22.7. The summed E-state index contributed by atoms with van der Waals surface area (Å²) in [6.07, 6.45) is 18.3. The maximum absolute atomic E-state index is 6.39. The summed E-state index contributed by atoms with van der Waals surface area (Å²) < 4.78 is 9.07. The monoisotopic (exact) mass is 450 g/mol. The van der Waals surface area contributed by atoms with E-state index in [1.807, 2.05) is 0 Å². The fourth-order valence-corrected chi connectivity index (χ4v) is 11.7. The number of hydrogen-bond acceptors (Lipinski definition) is 3. The predicted octanol–water partition coefficient (Wildman–Crippen LogP) is 6.86. The molecular weight excluding hydrogens is 407 g/mol. The van der Waals surface area contributed by atoms with E-state index in [-0.39, 0.29) is 0 Å². The Balaban J connectivity index is 2.07. The first-order chi connectivity index (χ1) is 11.8. The summed E-state index contributed by atoms with van der Waals surface area (Å²) in [5, 5.41) is 0. The van der Waals surface area contributed by atoms with Crippen LogP contribution in [0, 0.1) is 0 Å². The van der Waals surface area contributed by atoms with Gasteiger partial charge in [0.2, 0.25) is 0 Å². The number of unbranched alkanes of at least 4 members (excludes halogenated alkanes) is 10. The molecule has 0 unspecified atom stereocenters. The van der Waals surface area contributed by atoms with Gasteiger partial charge >= 0.3 is 152 Å². The molecular formula is C20H42O3Sn. The van der Waals surface area contributed by atoms with Crippen molar-refractivity contribution < 1.29 is 12.8 Å². The van der Waals surface area contributed by atoms with Crippen molar-refractivity contribution in [3.05, 3.63) is 0 Å². The van der Waals surface area contributed by atoms with Gasteiger partial charge < -0.3 is 0 Å². The molecule has 0 spiro atoms. The van der Waals surface area contributed by atoms with E-state index < -0.39 is 26.1 Å². The van der Waals surface area contributed by atoms with Gasteiger partial charge in [-0.1, -0.05) is 6.92 Å². The van der Waals surface area contributed by atoms with Gasteiger partial charge in [0.25, 0.3) is 0 Å². The first-order valence-electron chi connectivity index (χ1n) is 10.8. The molecule has 1 fully saturated rings. The summed E-state index contributed by atoms with van der Waals surface area (Å²) in [7, 11) is 0. The van der Waals surface area contributed by atoms with E-state index in [9.17, 15) is 0 Å². The van der Waals surface area contributed by atoms with Crippen LogP contribution in [-0.2, 0) is 12.8 Å². The summed E-state index contributed by atoms with van der Waals surface area (Å²) >= 11 is -1.91. The van der Waals surface area contributed by atoms with Crippen LogP contribution in [-0.4, -0.2) is 26.1 Å². The van der Waals surface area contributed by atoms with E-state index in [1.54, 1.807) is 0 Å². The summed E-state index contributed by atoms with van der Waals surface area (Å²) in [5.41, 5.74) is 0. The van der Waals surface area contributed by atoms with Crippen molar-refractivity contribution in [2.45, 2.75) is 126 Å². The van der Waals surface area contributed by atoms with Crippen molar-refractivity contribution in [1.29, 1.82) is 0 Å². The molecule has 0 bridgehead atoms.